The molecule has 0 N–H and O–H groups in total. The highest BCUT2D eigenvalue weighted by molar-refractivity contribution is 5.83. The maximum atomic E-state index is 9.97. The van der Waals surface area contributed by atoms with Crippen LogP contribution in [0.15, 0.2) is 91.0 Å². The summed E-state index contributed by atoms with van der Waals surface area (Å²) in [5.41, 5.74) is 5.84. The second kappa shape index (κ2) is 7.77. The summed E-state index contributed by atoms with van der Waals surface area (Å²) in [7, 11) is 1.64. The summed E-state index contributed by atoms with van der Waals surface area (Å²) >= 11 is 0. The van der Waals surface area contributed by atoms with Crippen LogP contribution in [-0.2, 0) is 0 Å². The van der Waals surface area contributed by atoms with E-state index in [1.807, 2.05) is 91.0 Å². The lowest BCUT2D eigenvalue weighted by Gasteiger charge is -2.13. The average molecular weight is 362 g/mol. The topological polar surface area (TPSA) is 45.9 Å². The molecule has 1 heterocycles. The summed E-state index contributed by atoms with van der Waals surface area (Å²) in [4.78, 5) is 4.86. The monoisotopic (exact) mass is 362 g/mol. The summed E-state index contributed by atoms with van der Waals surface area (Å²) < 4.78 is 5.26. The smallest absolute Gasteiger partial charge is 0.118 e. The molecule has 0 radical (unpaired) electrons. The molecule has 28 heavy (non-hydrogen) atoms. The van der Waals surface area contributed by atoms with E-state index in [1.165, 1.54) is 0 Å². The zero-order valence-corrected chi connectivity index (χ0v) is 15.5. The Labute approximate surface area is 164 Å². The number of aromatic nitrogens is 1. The van der Waals surface area contributed by atoms with Crippen molar-refractivity contribution in [2.75, 3.05) is 7.11 Å². The van der Waals surface area contributed by atoms with E-state index in [2.05, 4.69) is 6.07 Å². The van der Waals surface area contributed by atoms with Crippen LogP contribution < -0.4 is 4.74 Å². The minimum atomic E-state index is 0.566. The fourth-order valence-corrected chi connectivity index (χ4v) is 3.22. The molecule has 0 spiro atoms. The molecular weight excluding hydrogens is 344 g/mol. The lowest BCUT2D eigenvalue weighted by Crippen LogP contribution is -1.97. The number of ether oxygens (including phenoxy) is 1. The van der Waals surface area contributed by atoms with Gasteiger partial charge in [0.05, 0.1) is 24.1 Å². The Hall–Kier alpha value is -3.90. The number of nitriles is 1. The molecule has 134 valence electrons. The van der Waals surface area contributed by atoms with Crippen molar-refractivity contribution in [3.05, 3.63) is 96.6 Å². The Kier molecular flexibility index (Phi) is 4.86. The van der Waals surface area contributed by atoms with Crippen molar-refractivity contribution >= 4 is 0 Å². The molecule has 0 aliphatic heterocycles. The Bertz CT molecular complexity index is 1130. The van der Waals surface area contributed by atoms with Crippen molar-refractivity contribution < 1.29 is 4.74 Å². The Morgan fingerprint density at radius 3 is 1.93 bits per heavy atom. The third kappa shape index (κ3) is 3.36. The molecule has 0 bridgehead atoms. The van der Waals surface area contributed by atoms with Gasteiger partial charge in [0.15, 0.2) is 0 Å². The van der Waals surface area contributed by atoms with Crippen molar-refractivity contribution in [2.45, 2.75) is 0 Å². The SMILES string of the molecule is COc1ccc(-c2nc(-c3ccccc3)cc(-c3ccccc3)c2C#N)cc1. The van der Waals surface area contributed by atoms with E-state index in [-0.39, 0.29) is 0 Å². The van der Waals surface area contributed by atoms with E-state index in [9.17, 15) is 5.26 Å². The second-order valence-corrected chi connectivity index (χ2v) is 6.35. The van der Waals surface area contributed by atoms with Gasteiger partial charge in [-0.25, -0.2) is 4.98 Å². The largest absolute Gasteiger partial charge is 0.497 e. The fraction of sp³-hybridized carbons (Fsp3) is 0.0400. The van der Waals surface area contributed by atoms with Gasteiger partial charge in [-0.15, -0.1) is 0 Å². The first-order chi connectivity index (χ1) is 13.8. The first kappa shape index (κ1) is 17.5. The van der Waals surface area contributed by atoms with E-state index in [0.29, 0.717) is 11.3 Å². The Balaban J connectivity index is 1.99. The zero-order chi connectivity index (χ0) is 19.3. The third-order valence-electron chi connectivity index (χ3n) is 4.65. The minimum Gasteiger partial charge on any atom is -0.497 e. The first-order valence-corrected chi connectivity index (χ1v) is 9.00. The average Bonchev–Trinajstić information content (AvgIpc) is 2.79. The predicted molar refractivity (Wildman–Crippen MR) is 112 cm³/mol. The number of pyridine rings is 1. The van der Waals surface area contributed by atoms with Crippen molar-refractivity contribution in [1.29, 1.82) is 5.26 Å². The normalized spacial score (nSPS) is 10.3. The van der Waals surface area contributed by atoms with E-state index >= 15 is 0 Å². The van der Waals surface area contributed by atoms with Gasteiger partial charge >= 0.3 is 0 Å². The lowest BCUT2D eigenvalue weighted by molar-refractivity contribution is 0.415. The van der Waals surface area contributed by atoms with Crippen LogP contribution in [0.4, 0.5) is 0 Å². The highest BCUT2D eigenvalue weighted by Gasteiger charge is 2.16. The molecule has 3 aromatic carbocycles. The number of methoxy groups -OCH3 is 1. The van der Waals surface area contributed by atoms with Crippen LogP contribution in [-0.4, -0.2) is 12.1 Å². The van der Waals surface area contributed by atoms with Gasteiger partial charge in [0.1, 0.15) is 11.8 Å². The van der Waals surface area contributed by atoms with Crippen molar-refractivity contribution in [3.63, 3.8) is 0 Å². The number of nitrogens with zero attached hydrogens (tertiary/aromatic N) is 2. The van der Waals surface area contributed by atoms with Gasteiger partial charge in [-0.3, -0.25) is 0 Å². The molecular formula is C25H18N2O. The maximum absolute atomic E-state index is 9.97. The van der Waals surface area contributed by atoms with Gasteiger partial charge in [-0.1, -0.05) is 60.7 Å². The second-order valence-electron chi connectivity index (χ2n) is 6.35. The summed E-state index contributed by atoms with van der Waals surface area (Å²) in [6.45, 7) is 0. The summed E-state index contributed by atoms with van der Waals surface area (Å²) in [5, 5.41) is 9.97. The van der Waals surface area contributed by atoms with E-state index in [4.69, 9.17) is 9.72 Å². The van der Waals surface area contributed by atoms with Crippen molar-refractivity contribution in [1.82, 2.24) is 4.98 Å². The number of hydrogen-bond donors (Lipinski definition) is 0. The van der Waals surface area contributed by atoms with E-state index in [1.54, 1.807) is 7.11 Å². The summed E-state index contributed by atoms with van der Waals surface area (Å²) in [6, 6.07) is 32.0. The predicted octanol–water partition coefficient (Wildman–Crippen LogP) is 5.96. The minimum absolute atomic E-state index is 0.566. The lowest BCUT2D eigenvalue weighted by atomic mass is 9.94. The quantitative estimate of drug-likeness (QED) is 0.450. The van der Waals surface area contributed by atoms with Gasteiger partial charge in [0.25, 0.3) is 0 Å². The molecule has 4 rings (SSSR count). The molecule has 0 aliphatic rings. The molecule has 0 amide bonds. The molecule has 0 unspecified atom stereocenters. The zero-order valence-electron chi connectivity index (χ0n) is 15.5. The van der Waals surface area contributed by atoms with Gasteiger partial charge < -0.3 is 4.74 Å². The van der Waals surface area contributed by atoms with Crippen LogP contribution >= 0.6 is 0 Å². The standard InChI is InChI=1S/C25H18N2O/c1-28-21-14-12-20(13-15-21)25-23(17-26)22(18-8-4-2-5-9-18)16-24(27-25)19-10-6-3-7-11-19/h2-16H,1H3. The molecule has 3 nitrogen and oxygen atoms in total. The highest BCUT2D eigenvalue weighted by atomic mass is 16.5. The molecule has 0 saturated carbocycles. The molecule has 0 aliphatic carbocycles. The van der Waals surface area contributed by atoms with Crippen molar-refractivity contribution in [3.8, 4) is 45.5 Å². The highest BCUT2D eigenvalue weighted by Crippen LogP contribution is 2.34. The van der Waals surface area contributed by atoms with Crippen LogP contribution in [0.3, 0.4) is 0 Å². The van der Waals surface area contributed by atoms with Crippen LogP contribution in [0.25, 0.3) is 33.6 Å². The van der Waals surface area contributed by atoms with Gasteiger partial charge in [-0.05, 0) is 35.9 Å². The molecule has 0 fully saturated rings. The van der Waals surface area contributed by atoms with Crippen LogP contribution in [0.5, 0.6) is 5.75 Å². The molecule has 1 aromatic heterocycles. The molecule has 0 saturated heterocycles. The molecule has 3 heteroatoms. The summed E-state index contributed by atoms with van der Waals surface area (Å²) in [6.07, 6.45) is 0. The van der Waals surface area contributed by atoms with E-state index in [0.717, 1.165) is 33.7 Å². The van der Waals surface area contributed by atoms with Crippen LogP contribution in [0.1, 0.15) is 5.56 Å². The molecule has 4 aromatic rings. The van der Waals surface area contributed by atoms with Gasteiger partial charge in [-0.2, -0.15) is 5.26 Å². The van der Waals surface area contributed by atoms with Crippen molar-refractivity contribution in [2.24, 2.45) is 0 Å². The molecule has 0 atom stereocenters. The summed E-state index contributed by atoms with van der Waals surface area (Å²) in [5.74, 6) is 0.768. The number of benzene rings is 3. The fourth-order valence-electron chi connectivity index (χ4n) is 3.22. The van der Waals surface area contributed by atoms with Crippen LogP contribution in [0, 0.1) is 11.3 Å². The van der Waals surface area contributed by atoms with E-state index < -0.39 is 0 Å². The first-order valence-electron chi connectivity index (χ1n) is 9.00. The Morgan fingerprint density at radius 1 is 0.750 bits per heavy atom. The number of hydrogen-bond acceptors (Lipinski definition) is 3. The number of rotatable bonds is 4. The van der Waals surface area contributed by atoms with Crippen LogP contribution in [0.2, 0.25) is 0 Å². The van der Waals surface area contributed by atoms with Gasteiger partial charge in [0, 0.05) is 16.7 Å². The maximum Gasteiger partial charge on any atom is 0.118 e. The van der Waals surface area contributed by atoms with Gasteiger partial charge in [0.2, 0.25) is 0 Å². The third-order valence-corrected chi connectivity index (χ3v) is 4.65. The Morgan fingerprint density at radius 2 is 1.36 bits per heavy atom.